The van der Waals surface area contributed by atoms with Crippen molar-refractivity contribution in [3.05, 3.63) is 72.4 Å². The molecule has 0 aliphatic heterocycles. The van der Waals surface area contributed by atoms with Gasteiger partial charge in [-0.2, -0.15) is 10.1 Å². The van der Waals surface area contributed by atoms with Gasteiger partial charge in [0.1, 0.15) is 5.82 Å². The van der Waals surface area contributed by atoms with Gasteiger partial charge in [0.25, 0.3) is 5.89 Å². The summed E-state index contributed by atoms with van der Waals surface area (Å²) in [5.74, 6) is 1.83. The summed E-state index contributed by atoms with van der Waals surface area (Å²) in [4.78, 5) is 8.67. The molecule has 1 aromatic carbocycles. The van der Waals surface area contributed by atoms with Crippen molar-refractivity contribution >= 4 is 5.82 Å². The lowest BCUT2D eigenvalue weighted by atomic mass is 10.1. The summed E-state index contributed by atoms with van der Waals surface area (Å²) >= 11 is 0. The number of nitrogens with zero attached hydrogens (tertiary/aromatic N) is 5. The van der Waals surface area contributed by atoms with E-state index in [1.54, 1.807) is 19.3 Å². The smallest absolute Gasteiger partial charge is 0.258 e. The van der Waals surface area contributed by atoms with Gasteiger partial charge in [-0.1, -0.05) is 23.4 Å². The molecule has 0 aliphatic rings. The first kappa shape index (κ1) is 16.0. The zero-order valence-electron chi connectivity index (χ0n) is 14.5. The highest BCUT2D eigenvalue weighted by Gasteiger charge is 2.13. The van der Waals surface area contributed by atoms with E-state index in [-0.39, 0.29) is 6.04 Å². The van der Waals surface area contributed by atoms with Gasteiger partial charge in [0, 0.05) is 24.2 Å². The summed E-state index contributed by atoms with van der Waals surface area (Å²) < 4.78 is 7.09. The van der Waals surface area contributed by atoms with Crippen molar-refractivity contribution in [1.82, 2.24) is 24.9 Å². The molecular formula is C19H18N6O. The Kier molecular flexibility index (Phi) is 4.18. The molecule has 4 aromatic rings. The fourth-order valence-corrected chi connectivity index (χ4v) is 2.83. The Morgan fingerprint density at radius 1 is 1.12 bits per heavy atom. The predicted octanol–water partition coefficient (Wildman–Crippen LogP) is 3.80. The SMILES string of the molecule is Cc1noc(-c2ccnc(NC(C)c3ccccc3-n3cccn3)c2)n1. The van der Waals surface area contributed by atoms with Crippen LogP contribution in [0.25, 0.3) is 17.1 Å². The topological polar surface area (TPSA) is 81.7 Å². The van der Waals surface area contributed by atoms with Gasteiger partial charge in [0.2, 0.25) is 0 Å². The van der Waals surface area contributed by atoms with Crippen molar-refractivity contribution in [3.8, 4) is 17.1 Å². The Balaban J connectivity index is 1.61. The first-order valence-corrected chi connectivity index (χ1v) is 8.33. The molecule has 3 aromatic heterocycles. The molecule has 3 heterocycles. The third-order valence-corrected chi connectivity index (χ3v) is 4.05. The van der Waals surface area contributed by atoms with Crippen LogP contribution in [0.4, 0.5) is 5.82 Å². The minimum Gasteiger partial charge on any atom is -0.363 e. The molecule has 1 N–H and O–H groups in total. The van der Waals surface area contributed by atoms with Crippen molar-refractivity contribution in [3.63, 3.8) is 0 Å². The van der Waals surface area contributed by atoms with Gasteiger partial charge in [0.05, 0.1) is 11.7 Å². The van der Waals surface area contributed by atoms with E-state index in [0.29, 0.717) is 11.7 Å². The standard InChI is InChI=1S/C19H18N6O/c1-13(16-6-3-4-7-17(16)25-11-5-9-21-25)22-18-12-15(8-10-20-18)19-23-14(2)24-26-19/h3-13H,1-2H3,(H,20,22). The fraction of sp³-hybridized carbons (Fsp3) is 0.158. The number of hydrogen-bond acceptors (Lipinski definition) is 6. The van der Waals surface area contributed by atoms with E-state index in [1.165, 1.54) is 0 Å². The second kappa shape index (κ2) is 6.79. The molecule has 1 atom stereocenters. The lowest BCUT2D eigenvalue weighted by Crippen LogP contribution is -2.11. The highest BCUT2D eigenvalue weighted by atomic mass is 16.5. The summed E-state index contributed by atoms with van der Waals surface area (Å²) in [6.07, 6.45) is 5.43. The van der Waals surface area contributed by atoms with Crippen LogP contribution in [-0.4, -0.2) is 24.9 Å². The average molecular weight is 346 g/mol. The second-order valence-corrected chi connectivity index (χ2v) is 5.95. The maximum Gasteiger partial charge on any atom is 0.258 e. The van der Waals surface area contributed by atoms with Crippen LogP contribution in [-0.2, 0) is 0 Å². The van der Waals surface area contributed by atoms with Crippen molar-refractivity contribution in [2.24, 2.45) is 0 Å². The summed E-state index contributed by atoms with van der Waals surface area (Å²) in [6.45, 7) is 3.88. The average Bonchev–Trinajstić information content (AvgIpc) is 3.34. The Labute approximate surface area is 150 Å². The molecule has 0 aliphatic carbocycles. The molecule has 0 fully saturated rings. The Bertz CT molecular complexity index is 1010. The fourth-order valence-electron chi connectivity index (χ4n) is 2.83. The van der Waals surface area contributed by atoms with Crippen LogP contribution in [0.15, 0.2) is 65.6 Å². The van der Waals surface area contributed by atoms with E-state index >= 15 is 0 Å². The molecular weight excluding hydrogens is 328 g/mol. The zero-order chi connectivity index (χ0) is 17.9. The quantitative estimate of drug-likeness (QED) is 0.592. The van der Waals surface area contributed by atoms with Gasteiger partial charge in [-0.05, 0) is 43.7 Å². The van der Waals surface area contributed by atoms with E-state index in [4.69, 9.17) is 4.52 Å². The van der Waals surface area contributed by atoms with Crippen LogP contribution in [0.2, 0.25) is 0 Å². The first-order valence-electron chi connectivity index (χ1n) is 8.33. The minimum atomic E-state index is 0.0302. The molecule has 0 radical (unpaired) electrons. The highest BCUT2D eigenvalue weighted by molar-refractivity contribution is 5.58. The number of aromatic nitrogens is 5. The number of aryl methyl sites for hydroxylation is 1. The molecule has 0 amide bonds. The molecule has 0 spiro atoms. The summed E-state index contributed by atoms with van der Waals surface area (Å²) in [5, 5.41) is 11.6. The van der Waals surface area contributed by atoms with Crippen LogP contribution in [0, 0.1) is 6.92 Å². The maximum atomic E-state index is 5.23. The Morgan fingerprint density at radius 2 is 2.00 bits per heavy atom. The zero-order valence-corrected chi connectivity index (χ0v) is 14.5. The lowest BCUT2D eigenvalue weighted by Gasteiger charge is -2.18. The predicted molar refractivity (Wildman–Crippen MR) is 97.9 cm³/mol. The highest BCUT2D eigenvalue weighted by Crippen LogP contribution is 2.26. The Hall–Kier alpha value is -3.48. The monoisotopic (exact) mass is 346 g/mol. The van der Waals surface area contributed by atoms with Crippen molar-refractivity contribution in [1.29, 1.82) is 0 Å². The molecule has 4 rings (SSSR count). The van der Waals surface area contributed by atoms with Gasteiger partial charge >= 0.3 is 0 Å². The molecule has 1 unspecified atom stereocenters. The molecule has 26 heavy (non-hydrogen) atoms. The van der Waals surface area contributed by atoms with Crippen LogP contribution in [0.5, 0.6) is 0 Å². The summed E-state index contributed by atoms with van der Waals surface area (Å²) in [6, 6.07) is 13.8. The molecule has 0 saturated heterocycles. The van der Waals surface area contributed by atoms with Crippen LogP contribution < -0.4 is 5.32 Å². The second-order valence-electron chi connectivity index (χ2n) is 5.95. The minimum absolute atomic E-state index is 0.0302. The maximum absolute atomic E-state index is 5.23. The summed E-state index contributed by atoms with van der Waals surface area (Å²) in [5.41, 5.74) is 2.98. The van der Waals surface area contributed by atoms with E-state index in [2.05, 4.69) is 38.5 Å². The van der Waals surface area contributed by atoms with Gasteiger partial charge in [-0.15, -0.1) is 0 Å². The molecule has 7 nitrogen and oxygen atoms in total. The Morgan fingerprint density at radius 3 is 2.77 bits per heavy atom. The molecule has 0 saturated carbocycles. The van der Waals surface area contributed by atoms with E-state index in [0.717, 1.165) is 22.6 Å². The number of anilines is 1. The largest absolute Gasteiger partial charge is 0.363 e. The van der Waals surface area contributed by atoms with E-state index < -0.39 is 0 Å². The van der Waals surface area contributed by atoms with Crippen molar-refractivity contribution in [2.45, 2.75) is 19.9 Å². The van der Waals surface area contributed by atoms with Gasteiger partial charge in [-0.3, -0.25) is 0 Å². The first-order chi connectivity index (χ1) is 12.7. The number of rotatable bonds is 5. The summed E-state index contributed by atoms with van der Waals surface area (Å²) in [7, 11) is 0. The number of benzene rings is 1. The normalized spacial score (nSPS) is 12.1. The van der Waals surface area contributed by atoms with Crippen LogP contribution >= 0.6 is 0 Å². The van der Waals surface area contributed by atoms with E-state index in [9.17, 15) is 0 Å². The number of nitrogens with one attached hydrogen (secondary N) is 1. The van der Waals surface area contributed by atoms with Crippen molar-refractivity contribution in [2.75, 3.05) is 5.32 Å². The lowest BCUT2D eigenvalue weighted by molar-refractivity contribution is 0.425. The van der Waals surface area contributed by atoms with Crippen LogP contribution in [0.1, 0.15) is 24.4 Å². The number of para-hydroxylation sites is 1. The molecule has 7 heteroatoms. The van der Waals surface area contributed by atoms with Crippen LogP contribution in [0.3, 0.4) is 0 Å². The van der Waals surface area contributed by atoms with Gasteiger partial charge in [-0.25, -0.2) is 9.67 Å². The van der Waals surface area contributed by atoms with Gasteiger partial charge in [0.15, 0.2) is 5.82 Å². The van der Waals surface area contributed by atoms with Crippen molar-refractivity contribution < 1.29 is 4.52 Å². The molecule has 130 valence electrons. The number of pyridine rings is 1. The number of hydrogen-bond donors (Lipinski definition) is 1. The molecule has 0 bridgehead atoms. The van der Waals surface area contributed by atoms with E-state index in [1.807, 2.05) is 47.3 Å². The third kappa shape index (κ3) is 3.19. The van der Waals surface area contributed by atoms with Gasteiger partial charge < -0.3 is 9.84 Å². The third-order valence-electron chi connectivity index (χ3n) is 4.05.